The van der Waals surface area contributed by atoms with Gasteiger partial charge in [0.15, 0.2) is 0 Å². The first-order valence-electron chi connectivity index (χ1n) is 6.31. The molecule has 1 heterocycles. The van der Waals surface area contributed by atoms with Crippen molar-refractivity contribution < 1.29 is 0 Å². The molecular weight excluding hydrogens is 240 g/mol. The molecule has 2 nitrogen and oxygen atoms in total. The Morgan fingerprint density at radius 2 is 2.17 bits per heavy atom. The Kier molecular flexibility index (Phi) is 3.81. The lowest BCUT2D eigenvalue weighted by atomic mass is 9.74. The summed E-state index contributed by atoms with van der Waals surface area (Å²) in [5, 5.41) is 0. The average molecular weight is 260 g/mol. The zero-order valence-corrected chi connectivity index (χ0v) is 11.9. The number of thiol groups is 1. The van der Waals surface area contributed by atoms with E-state index in [4.69, 9.17) is 5.73 Å². The molecule has 0 fully saturated rings. The van der Waals surface area contributed by atoms with Crippen LogP contribution in [0, 0.1) is 5.41 Å². The van der Waals surface area contributed by atoms with Crippen LogP contribution in [-0.2, 0) is 0 Å². The van der Waals surface area contributed by atoms with Crippen LogP contribution in [0.25, 0.3) is 6.08 Å². The second-order valence-corrected chi connectivity index (χ2v) is 5.93. The van der Waals surface area contributed by atoms with Crippen LogP contribution in [0.3, 0.4) is 0 Å². The third-order valence-electron chi connectivity index (χ3n) is 3.59. The Balaban J connectivity index is 2.31. The molecule has 18 heavy (non-hydrogen) atoms. The monoisotopic (exact) mass is 260 g/mol. The van der Waals surface area contributed by atoms with Crippen LogP contribution in [0.4, 0.5) is 0 Å². The highest BCUT2D eigenvalue weighted by atomic mass is 32.1. The van der Waals surface area contributed by atoms with E-state index in [1.165, 1.54) is 18.4 Å². The van der Waals surface area contributed by atoms with Crippen molar-refractivity contribution in [3.05, 3.63) is 41.4 Å². The number of hydrogen-bond donors (Lipinski definition) is 2. The Labute approximate surface area is 114 Å². The van der Waals surface area contributed by atoms with Crippen molar-refractivity contribution in [2.75, 3.05) is 0 Å². The predicted octanol–water partition coefficient (Wildman–Crippen LogP) is 3.81. The minimum Gasteiger partial charge on any atom is -0.402 e. The minimum atomic E-state index is 0.169. The largest absolute Gasteiger partial charge is 0.402 e. The van der Waals surface area contributed by atoms with E-state index in [0.29, 0.717) is 0 Å². The zero-order valence-electron chi connectivity index (χ0n) is 11.0. The first-order valence-corrected chi connectivity index (χ1v) is 6.75. The lowest BCUT2D eigenvalue weighted by Crippen LogP contribution is -2.22. The fourth-order valence-corrected chi connectivity index (χ4v) is 2.68. The van der Waals surface area contributed by atoms with Crippen molar-refractivity contribution in [1.29, 1.82) is 0 Å². The van der Waals surface area contributed by atoms with Gasteiger partial charge in [-0.25, -0.2) is 0 Å². The molecule has 1 aromatic heterocycles. The number of nitrogens with two attached hydrogens (primary N) is 1. The first-order chi connectivity index (χ1) is 8.50. The van der Waals surface area contributed by atoms with Crippen molar-refractivity contribution in [3.8, 4) is 0 Å². The Hall–Kier alpha value is -1.22. The van der Waals surface area contributed by atoms with Gasteiger partial charge < -0.3 is 5.73 Å². The highest BCUT2D eigenvalue weighted by Crippen LogP contribution is 2.39. The van der Waals surface area contributed by atoms with Crippen molar-refractivity contribution >= 4 is 18.7 Å². The normalized spacial score (nSPS) is 19.5. The molecule has 0 aliphatic heterocycles. The number of nitrogens with zero attached hydrogens (tertiary/aromatic N) is 1. The molecule has 1 aliphatic carbocycles. The van der Waals surface area contributed by atoms with Gasteiger partial charge in [-0.15, -0.1) is 12.6 Å². The van der Waals surface area contributed by atoms with Crippen LogP contribution >= 0.6 is 12.6 Å². The maximum absolute atomic E-state index is 6.15. The van der Waals surface area contributed by atoms with Gasteiger partial charge in [0.05, 0.1) is 0 Å². The maximum Gasteiger partial charge on any atom is 0.0407 e. The van der Waals surface area contributed by atoms with Crippen LogP contribution in [0.15, 0.2) is 40.7 Å². The SMILES string of the molecule is CC1(C)CCCC(N)=C1/C=C/c1ccncc1S. The molecular formula is C15H20N2S. The lowest BCUT2D eigenvalue weighted by molar-refractivity contribution is 0.375. The van der Waals surface area contributed by atoms with Gasteiger partial charge in [0, 0.05) is 23.0 Å². The topological polar surface area (TPSA) is 38.9 Å². The molecule has 0 spiro atoms. The standard InChI is InChI=1S/C15H20N2S/c1-15(2)8-3-4-13(16)12(15)6-5-11-7-9-17-10-14(11)18/h5-7,9-10,18H,3-4,8,16H2,1-2H3/b6-5+. The van der Waals surface area contributed by atoms with Gasteiger partial charge in [-0.05, 0) is 41.9 Å². The van der Waals surface area contributed by atoms with Gasteiger partial charge in [-0.2, -0.15) is 0 Å². The molecule has 0 amide bonds. The van der Waals surface area contributed by atoms with Crippen molar-refractivity contribution in [2.24, 2.45) is 11.1 Å². The minimum absolute atomic E-state index is 0.169. The van der Waals surface area contributed by atoms with E-state index in [1.54, 1.807) is 12.4 Å². The summed E-state index contributed by atoms with van der Waals surface area (Å²) in [5.74, 6) is 0. The molecule has 1 aliphatic rings. The molecule has 0 atom stereocenters. The fourth-order valence-electron chi connectivity index (χ4n) is 2.47. The summed E-state index contributed by atoms with van der Waals surface area (Å²) in [6, 6.07) is 1.96. The number of aromatic nitrogens is 1. The number of pyridine rings is 1. The highest BCUT2D eigenvalue weighted by molar-refractivity contribution is 7.80. The van der Waals surface area contributed by atoms with Gasteiger partial charge in [-0.3, -0.25) is 4.98 Å². The first kappa shape index (κ1) is 13.2. The molecule has 1 aromatic rings. The average Bonchev–Trinajstić information content (AvgIpc) is 2.30. The molecule has 0 bridgehead atoms. The summed E-state index contributed by atoms with van der Waals surface area (Å²) in [5.41, 5.74) is 9.69. The van der Waals surface area contributed by atoms with Crippen LogP contribution in [0.1, 0.15) is 38.7 Å². The summed E-state index contributed by atoms with van der Waals surface area (Å²) in [6.07, 6.45) is 11.1. The van der Waals surface area contributed by atoms with Gasteiger partial charge in [0.2, 0.25) is 0 Å². The second kappa shape index (κ2) is 5.19. The van der Waals surface area contributed by atoms with E-state index >= 15 is 0 Å². The Bertz CT molecular complexity index is 501. The summed E-state index contributed by atoms with van der Waals surface area (Å²) in [4.78, 5) is 4.93. The van der Waals surface area contributed by atoms with Gasteiger partial charge >= 0.3 is 0 Å². The van der Waals surface area contributed by atoms with E-state index in [2.05, 4.69) is 43.6 Å². The molecule has 3 heteroatoms. The fraction of sp³-hybridized carbons (Fsp3) is 0.400. The molecule has 2 N–H and O–H groups in total. The van der Waals surface area contributed by atoms with Crippen LogP contribution < -0.4 is 5.73 Å². The van der Waals surface area contributed by atoms with Gasteiger partial charge in [0.1, 0.15) is 0 Å². The predicted molar refractivity (Wildman–Crippen MR) is 79.4 cm³/mol. The summed E-state index contributed by atoms with van der Waals surface area (Å²) < 4.78 is 0. The van der Waals surface area contributed by atoms with E-state index in [-0.39, 0.29) is 5.41 Å². The van der Waals surface area contributed by atoms with Crippen molar-refractivity contribution in [2.45, 2.75) is 38.0 Å². The second-order valence-electron chi connectivity index (χ2n) is 5.44. The number of allylic oxidation sites excluding steroid dienone is 3. The Morgan fingerprint density at radius 3 is 2.83 bits per heavy atom. The number of hydrogen-bond acceptors (Lipinski definition) is 3. The van der Waals surface area contributed by atoms with E-state index < -0.39 is 0 Å². The lowest BCUT2D eigenvalue weighted by Gasteiger charge is -2.32. The van der Waals surface area contributed by atoms with Gasteiger partial charge in [0.25, 0.3) is 0 Å². The number of rotatable bonds is 2. The van der Waals surface area contributed by atoms with E-state index in [1.807, 2.05) is 6.07 Å². The van der Waals surface area contributed by atoms with Crippen molar-refractivity contribution in [3.63, 3.8) is 0 Å². The molecule has 2 rings (SSSR count). The van der Waals surface area contributed by atoms with Crippen molar-refractivity contribution in [1.82, 2.24) is 4.98 Å². The molecule has 0 saturated carbocycles. The van der Waals surface area contributed by atoms with Crippen LogP contribution in [0.2, 0.25) is 0 Å². The summed E-state index contributed by atoms with van der Waals surface area (Å²) >= 11 is 4.40. The van der Waals surface area contributed by atoms with E-state index in [0.717, 1.165) is 22.6 Å². The third-order valence-corrected chi connectivity index (χ3v) is 3.96. The highest BCUT2D eigenvalue weighted by Gasteiger charge is 2.27. The quantitative estimate of drug-likeness (QED) is 0.794. The summed E-state index contributed by atoms with van der Waals surface area (Å²) in [6.45, 7) is 4.51. The molecule has 0 radical (unpaired) electrons. The Morgan fingerprint density at radius 1 is 1.39 bits per heavy atom. The van der Waals surface area contributed by atoms with Crippen LogP contribution in [0.5, 0.6) is 0 Å². The van der Waals surface area contributed by atoms with Gasteiger partial charge in [-0.1, -0.05) is 26.0 Å². The van der Waals surface area contributed by atoms with Crippen LogP contribution in [-0.4, -0.2) is 4.98 Å². The van der Waals surface area contributed by atoms with E-state index in [9.17, 15) is 0 Å². The molecule has 0 saturated heterocycles. The molecule has 0 aromatic carbocycles. The third kappa shape index (κ3) is 2.78. The molecule has 0 unspecified atom stereocenters. The summed E-state index contributed by atoms with van der Waals surface area (Å²) in [7, 11) is 0. The zero-order chi connectivity index (χ0) is 13.2. The smallest absolute Gasteiger partial charge is 0.0407 e. The maximum atomic E-state index is 6.15. The molecule has 96 valence electrons.